The quantitative estimate of drug-likeness (QED) is 0.530. The second-order valence-corrected chi connectivity index (χ2v) is 6.79. The molecule has 0 amide bonds. The van der Waals surface area contributed by atoms with E-state index in [1.165, 1.54) is 0 Å². The van der Waals surface area contributed by atoms with Gasteiger partial charge in [-0.2, -0.15) is 0 Å². The van der Waals surface area contributed by atoms with Gasteiger partial charge in [-0.1, -0.05) is 13.8 Å². The molecule has 4 saturated carbocycles. The molecule has 13 heavy (non-hydrogen) atoms. The Kier molecular flexibility index (Phi) is 0.971. The molecule has 4 rings (SSSR count). The molecule has 0 saturated heterocycles. The van der Waals surface area contributed by atoms with Crippen molar-refractivity contribution >= 4 is 0 Å². The van der Waals surface area contributed by atoms with Crippen molar-refractivity contribution in [2.75, 3.05) is 0 Å². The third kappa shape index (κ3) is 0.521. The largest absolute Gasteiger partial charge is 0.0588 e. The molecule has 0 nitrogen and oxygen atoms in total. The fraction of sp³-hybridized carbons (Fsp3) is 1.00. The van der Waals surface area contributed by atoms with E-state index in [-0.39, 0.29) is 0 Å². The smallest absolute Gasteiger partial charge is 0.0235 e. The van der Waals surface area contributed by atoms with Crippen LogP contribution in [0.1, 0.15) is 46.0 Å². The summed E-state index contributed by atoms with van der Waals surface area (Å²) in [6.45, 7) is 5.26. The Bertz CT molecular complexity index is 274. The third-order valence-corrected chi connectivity index (χ3v) is 6.86. The van der Waals surface area contributed by atoms with E-state index in [1.54, 1.807) is 32.1 Å². The summed E-state index contributed by atoms with van der Waals surface area (Å²) < 4.78 is 0. The molecule has 4 unspecified atom stereocenters. The molecule has 0 aromatic rings. The Hall–Kier alpha value is 0. The molecule has 0 N–H and O–H groups in total. The van der Waals surface area contributed by atoms with Gasteiger partial charge in [0.05, 0.1) is 0 Å². The van der Waals surface area contributed by atoms with Gasteiger partial charge in [-0.15, -0.1) is 0 Å². The van der Waals surface area contributed by atoms with Crippen LogP contribution >= 0.6 is 0 Å². The molecular weight excluding hydrogens is 156 g/mol. The molecule has 0 aromatic carbocycles. The summed E-state index contributed by atoms with van der Waals surface area (Å²) in [6.07, 6.45) is 7.96. The summed E-state index contributed by atoms with van der Waals surface area (Å²) in [7, 11) is 0. The molecule has 0 heterocycles. The lowest BCUT2D eigenvalue weighted by atomic mass is 9.60. The minimum Gasteiger partial charge on any atom is -0.0588 e. The van der Waals surface area contributed by atoms with E-state index in [4.69, 9.17) is 0 Å². The van der Waals surface area contributed by atoms with Gasteiger partial charge in [0, 0.05) is 0 Å². The minimum absolute atomic E-state index is 0.781. The summed E-state index contributed by atoms with van der Waals surface area (Å²) in [4.78, 5) is 0. The van der Waals surface area contributed by atoms with Crippen molar-refractivity contribution in [1.82, 2.24) is 0 Å². The summed E-state index contributed by atoms with van der Waals surface area (Å²) >= 11 is 0. The summed E-state index contributed by atoms with van der Waals surface area (Å²) in [5, 5.41) is 0. The maximum absolute atomic E-state index is 2.63. The first-order chi connectivity index (χ1) is 6.15. The molecule has 4 bridgehead atoms. The van der Waals surface area contributed by atoms with Crippen molar-refractivity contribution in [2.24, 2.45) is 34.5 Å². The third-order valence-electron chi connectivity index (χ3n) is 6.86. The Balaban J connectivity index is 1.99. The van der Waals surface area contributed by atoms with Gasteiger partial charge in [0.1, 0.15) is 0 Å². The first-order valence-corrected chi connectivity index (χ1v) is 6.15. The van der Waals surface area contributed by atoms with E-state index >= 15 is 0 Å². The molecule has 72 valence electrons. The van der Waals surface area contributed by atoms with Gasteiger partial charge in [-0.25, -0.2) is 0 Å². The monoisotopic (exact) mass is 176 g/mol. The fourth-order valence-electron chi connectivity index (χ4n) is 6.31. The predicted octanol–water partition coefficient (Wildman–Crippen LogP) is 3.47. The molecule has 6 atom stereocenters. The van der Waals surface area contributed by atoms with Gasteiger partial charge < -0.3 is 0 Å². The molecule has 0 spiro atoms. The molecule has 4 aliphatic carbocycles. The zero-order valence-corrected chi connectivity index (χ0v) is 8.84. The highest BCUT2D eigenvalue weighted by Crippen LogP contribution is 2.80. The van der Waals surface area contributed by atoms with Gasteiger partial charge in [0.25, 0.3) is 0 Å². The first-order valence-electron chi connectivity index (χ1n) is 6.15. The summed E-state index contributed by atoms with van der Waals surface area (Å²) in [5.74, 6) is 4.56. The molecule has 0 aromatic heterocycles. The van der Waals surface area contributed by atoms with Gasteiger partial charge in [0.2, 0.25) is 0 Å². The highest BCUT2D eigenvalue weighted by Gasteiger charge is 2.73. The van der Waals surface area contributed by atoms with E-state index in [0.29, 0.717) is 0 Å². The molecule has 4 aliphatic rings. The fourth-order valence-corrected chi connectivity index (χ4v) is 6.31. The maximum Gasteiger partial charge on any atom is -0.0235 e. The van der Waals surface area contributed by atoms with E-state index in [1.807, 2.05) is 0 Å². The van der Waals surface area contributed by atoms with Crippen molar-refractivity contribution in [3.05, 3.63) is 0 Å². The van der Waals surface area contributed by atoms with Crippen LogP contribution in [-0.4, -0.2) is 0 Å². The SMILES string of the molecule is C[C@]12CC3CCC1C1CC3[C@@]2(C)C1. The van der Waals surface area contributed by atoms with Crippen LogP contribution in [0.3, 0.4) is 0 Å². The minimum atomic E-state index is 0.781. The predicted molar refractivity (Wildman–Crippen MR) is 53.3 cm³/mol. The average Bonchev–Trinajstić information content (AvgIpc) is 2.46. The van der Waals surface area contributed by atoms with Gasteiger partial charge in [-0.3, -0.25) is 0 Å². The zero-order chi connectivity index (χ0) is 8.84. The van der Waals surface area contributed by atoms with E-state index in [2.05, 4.69) is 13.8 Å². The number of fused-ring (bicyclic) bond motifs is 4. The second-order valence-electron chi connectivity index (χ2n) is 6.79. The normalized spacial score (nSPS) is 72.5. The Morgan fingerprint density at radius 2 is 1.54 bits per heavy atom. The van der Waals surface area contributed by atoms with Crippen LogP contribution in [0.15, 0.2) is 0 Å². The van der Waals surface area contributed by atoms with Crippen LogP contribution in [0.5, 0.6) is 0 Å². The Morgan fingerprint density at radius 3 is 2.38 bits per heavy atom. The van der Waals surface area contributed by atoms with E-state index in [0.717, 1.165) is 34.5 Å². The van der Waals surface area contributed by atoms with Crippen molar-refractivity contribution in [3.8, 4) is 0 Å². The van der Waals surface area contributed by atoms with Crippen LogP contribution in [-0.2, 0) is 0 Å². The lowest BCUT2D eigenvalue weighted by molar-refractivity contribution is 0.0429. The van der Waals surface area contributed by atoms with E-state index in [9.17, 15) is 0 Å². The highest BCUT2D eigenvalue weighted by molar-refractivity contribution is 5.22. The second kappa shape index (κ2) is 1.73. The van der Waals surface area contributed by atoms with Gasteiger partial charge >= 0.3 is 0 Å². The maximum atomic E-state index is 2.63. The molecular formula is C13H20. The molecule has 0 radical (unpaired) electrons. The number of rotatable bonds is 0. The number of hydrogen-bond donors (Lipinski definition) is 0. The molecule has 4 fully saturated rings. The van der Waals surface area contributed by atoms with Crippen LogP contribution < -0.4 is 0 Å². The standard InChI is InChI=1S/C13H20/c1-12-6-8-3-4-10(12)9-5-11(8)13(12,2)7-9/h8-11H,3-7H2,1-2H3/t8?,9?,10?,11?,12-,13+/m0/s1. The van der Waals surface area contributed by atoms with Gasteiger partial charge in [-0.05, 0) is 66.6 Å². The van der Waals surface area contributed by atoms with Crippen molar-refractivity contribution in [1.29, 1.82) is 0 Å². The first kappa shape index (κ1) is 7.31. The van der Waals surface area contributed by atoms with E-state index < -0.39 is 0 Å². The zero-order valence-electron chi connectivity index (χ0n) is 8.84. The van der Waals surface area contributed by atoms with Gasteiger partial charge in [0.15, 0.2) is 0 Å². The highest BCUT2D eigenvalue weighted by atomic mass is 14.8. The summed E-state index contributed by atoms with van der Waals surface area (Å²) in [5.41, 5.74) is 1.56. The van der Waals surface area contributed by atoms with Crippen LogP contribution in [0.4, 0.5) is 0 Å². The average molecular weight is 176 g/mol. The van der Waals surface area contributed by atoms with Crippen LogP contribution in [0.2, 0.25) is 0 Å². The number of hydrogen-bond acceptors (Lipinski definition) is 0. The van der Waals surface area contributed by atoms with Crippen LogP contribution in [0, 0.1) is 34.5 Å². The lowest BCUT2D eigenvalue weighted by Gasteiger charge is -2.44. The molecule has 0 aliphatic heterocycles. The van der Waals surface area contributed by atoms with Crippen LogP contribution in [0.25, 0.3) is 0 Å². The Labute approximate surface area is 81.1 Å². The van der Waals surface area contributed by atoms with Crippen molar-refractivity contribution < 1.29 is 0 Å². The topological polar surface area (TPSA) is 0 Å². The summed E-state index contributed by atoms with van der Waals surface area (Å²) in [6, 6.07) is 0. The van der Waals surface area contributed by atoms with Crippen molar-refractivity contribution in [2.45, 2.75) is 46.0 Å². The Morgan fingerprint density at radius 1 is 0.846 bits per heavy atom. The van der Waals surface area contributed by atoms with Crippen molar-refractivity contribution in [3.63, 3.8) is 0 Å². The molecule has 0 heteroatoms. The lowest BCUT2D eigenvalue weighted by Crippen LogP contribution is -2.37.